The molecule has 0 bridgehead atoms. The lowest BCUT2D eigenvalue weighted by molar-refractivity contribution is -0.384. The van der Waals surface area contributed by atoms with Crippen LogP contribution in [-0.4, -0.2) is 33.3 Å². The highest BCUT2D eigenvalue weighted by atomic mass is 16.6. The minimum atomic E-state index is -0.854. The SMILES string of the molecule is COc1cc([N+](=O)[O-])ccc1N=Cc1c(O)[nH]c(=O)[nH]c1=O. The number of benzene rings is 1. The second-order valence-corrected chi connectivity index (χ2v) is 4.04. The summed E-state index contributed by atoms with van der Waals surface area (Å²) in [6, 6.07) is 3.71. The molecule has 1 aromatic heterocycles. The van der Waals surface area contributed by atoms with E-state index in [1.54, 1.807) is 0 Å². The molecule has 0 amide bonds. The molecule has 0 radical (unpaired) electrons. The molecule has 1 heterocycles. The standard InChI is InChI=1S/C12H10N4O6/c1-22-9-4-6(16(20)21)2-3-8(9)13-5-7-10(17)14-12(19)15-11(7)18/h2-5H,1H3,(H3,14,15,17,18,19). The lowest BCUT2D eigenvalue weighted by Gasteiger charge is -2.03. The van der Waals surface area contributed by atoms with Crippen LogP contribution in [0.1, 0.15) is 5.56 Å². The zero-order chi connectivity index (χ0) is 16.3. The molecular formula is C12H10N4O6. The number of aromatic nitrogens is 2. The molecule has 22 heavy (non-hydrogen) atoms. The van der Waals surface area contributed by atoms with E-state index < -0.39 is 22.1 Å². The van der Waals surface area contributed by atoms with Crippen LogP contribution in [0.5, 0.6) is 11.6 Å². The van der Waals surface area contributed by atoms with Gasteiger partial charge in [0.15, 0.2) is 5.75 Å². The Kier molecular flexibility index (Phi) is 4.02. The van der Waals surface area contributed by atoms with Crippen LogP contribution in [-0.2, 0) is 0 Å². The summed E-state index contributed by atoms with van der Waals surface area (Å²) >= 11 is 0. The van der Waals surface area contributed by atoms with Gasteiger partial charge in [0, 0.05) is 12.3 Å². The molecule has 0 fully saturated rings. The summed E-state index contributed by atoms with van der Waals surface area (Å²) in [5.74, 6) is -0.524. The number of aromatic hydroxyl groups is 1. The van der Waals surface area contributed by atoms with Crippen molar-refractivity contribution in [2.75, 3.05) is 7.11 Å². The lowest BCUT2D eigenvalue weighted by Crippen LogP contribution is -2.24. The van der Waals surface area contributed by atoms with E-state index in [-0.39, 0.29) is 22.7 Å². The summed E-state index contributed by atoms with van der Waals surface area (Å²) in [6.07, 6.45) is 1.01. The molecule has 0 aliphatic rings. The lowest BCUT2D eigenvalue weighted by atomic mass is 10.2. The van der Waals surface area contributed by atoms with Crippen molar-refractivity contribution < 1.29 is 14.8 Å². The maximum Gasteiger partial charge on any atom is 0.328 e. The zero-order valence-electron chi connectivity index (χ0n) is 11.2. The number of rotatable bonds is 4. The van der Waals surface area contributed by atoms with Crippen LogP contribution < -0.4 is 16.0 Å². The Hall–Kier alpha value is -3.43. The summed E-state index contributed by atoms with van der Waals surface area (Å²) in [6.45, 7) is 0. The number of nitrogens with zero attached hydrogens (tertiary/aromatic N) is 2. The van der Waals surface area contributed by atoms with E-state index in [0.29, 0.717) is 0 Å². The first kappa shape index (κ1) is 15.0. The minimum Gasteiger partial charge on any atom is -0.494 e. The molecule has 0 aliphatic carbocycles. The Labute approximate surface area is 121 Å². The molecule has 0 unspecified atom stereocenters. The summed E-state index contributed by atoms with van der Waals surface area (Å²) in [7, 11) is 1.31. The largest absolute Gasteiger partial charge is 0.494 e. The monoisotopic (exact) mass is 306 g/mol. The summed E-state index contributed by atoms with van der Waals surface area (Å²) < 4.78 is 4.98. The highest BCUT2D eigenvalue weighted by Crippen LogP contribution is 2.31. The predicted octanol–water partition coefficient (Wildman–Crippen LogP) is 0.436. The molecule has 0 aliphatic heterocycles. The van der Waals surface area contributed by atoms with E-state index in [0.717, 1.165) is 6.21 Å². The van der Waals surface area contributed by atoms with E-state index in [2.05, 4.69) is 4.99 Å². The smallest absolute Gasteiger partial charge is 0.328 e. The number of aromatic amines is 2. The van der Waals surface area contributed by atoms with Crippen molar-refractivity contribution in [2.45, 2.75) is 0 Å². The van der Waals surface area contributed by atoms with Crippen molar-refractivity contribution in [1.82, 2.24) is 9.97 Å². The number of aliphatic imine (C=N–C) groups is 1. The number of nitro benzene ring substituents is 1. The third-order valence-corrected chi connectivity index (χ3v) is 2.67. The molecule has 1 aromatic carbocycles. The van der Waals surface area contributed by atoms with Gasteiger partial charge in [0.1, 0.15) is 11.3 Å². The van der Waals surface area contributed by atoms with E-state index >= 15 is 0 Å². The highest BCUT2D eigenvalue weighted by molar-refractivity contribution is 5.84. The van der Waals surface area contributed by atoms with Crippen LogP contribution in [0.3, 0.4) is 0 Å². The average Bonchev–Trinajstić information content (AvgIpc) is 2.45. The number of hydrogen-bond donors (Lipinski definition) is 3. The maximum atomic E-state index is 11.5. The summed E-state index contributed by atoms with van der Waals surface area (Å²) in [5.41, 5.74) is -1.92. The first-order chi connectivity index (χ1) is 10.4. The van der Waals surface area contributed by atoms with Gasteiger partial charge in [-0.2, -0.15) is 0 Å². The molecule has 3 N–H and O–H groups in total. The van der Waals surface area contributed by atoms with Crippen LogP contribution >= 0.6 is 0 Å². The van der Waals surface area contributed by atoms with Gasteiger partial charge in [0.25, 0.3) is 11.2 Å². The maximum absolute atomic E-state index is 11.5. The number of methoxy groups -OCH3 is 1. The van der Waals surface area contributed by atoms with Gasteiger partial charge in [-0.1, -0.05) is 0 Å². The topological polar surface area (TPSA) is 151 Å². The van der Waals surface area contributed by atoms with Crippen LogP contribution in [0, 0.1) is 10.1 Å². The second kappa shape index (κ2) is 5.91. The molecule has 114 valence electrons. The molecule has 10 heteroatoms. The molecule has 0 atom stereocenters. The van der Waals surface area contributed by atoms with Crippen molar-refractivity contribution in [2.24, 2.45) is 4.99 Å². The Morgan fingerprint density at radius 3 is 2.68 bits per heavy atom. The number of nitro groups is 1. The first-order valence-electron chi connectivity index (χ1n) is 5.84. The Morgan fingerprint density at radius 2 is 2.09 bits per heavy atom. The van der Waals surface area contributed by atoms with Gasteiger partial charge in [-0.15, -0.1) is 0 Å². The Bertz CT molecular complexity index is 867. The third-order valence-electron chi connectivity index (χ3n) is 2.67. The fraction of sp³-hybridized carbons (Fsp3) is 0.0833. The van der Waals surface area contributed by atoms with Gasteiger partial charge in [0.2, 0.25) is 5.88 Å². The van der Waals surface area contributed by atoms with Gasteiger partial charge < -0.3 is 9.84 Å². The number of H-pyrrole nitrogens is 2. The van der Waals surface area contributed by atoms with E-state index in [1.807, 2.05) is 9.97 Å². The zero-order valence-corrected chi connectivity index (χ0v) is 11.2. The predicted molar refractivity (Wildman–Crippen MR) is 76.3 cm³/mol. The Morgan fingerprint density at radius 1 is 1.36 bits per heavy atom. The van der Waals surface area contributed by atoms with Gasteiger partial charge in [-0.3, -0.25) is 29.9 Å². The second-order valence-electron chi connectivity index (χ2n) is 4.04. The quantitative estimate of drug-likeness (QED) is 0.423. The summed E-state index contributed by atoms with van der Waals surface area (Å²) in [5, 5.41) is 20.2. The van der Waals surface area contributed by atoms with Crippen molar-refractivity contribution >= 4 is 17.6 Å². The van der Waals surface area contributed by atoms with Crippen LogP contribution in [0.25, 0.3) is 0 Å². The Balaban J connectivity index is 2.45. The molecule has 0 spiro atoms. The third kappa shape index (κ3) is 3.00. The normalized spacial score (nSPS) is 10.8. The van der Waals surface area contributed by atoms with Gasteiger partial charge >= 0.3 is 5.69 Å². The van der Waals surface area contributed by atoms with Crippen LogP contribution in [0.15, 0.2) is 32.8 Å². The van der Waals surface area contributed by atoms with E-state index in [4.69, 9.17) is 4.74 Å². The number of hydrogen-bond acceptors (Lipinski definition) is 7. The van der Waals surface area contributed by atoms with Crippen molar-refractivity contribution in [1.29, 1.82) is 0 Å². The first-order valence-corrected chi connectivity index (χ1v) is 5.84. The highest BCUT2D eigenvalue weighted by Gasteiger charge is 2.11. The molecule has 2 rings (SSSR count). The van der Waals surface area contributed by atoms with Crippen molar-refractivity contribution in [3.8, 4) is 11.6 Å². The van der Waals surface area contributed by atoms with Crippen molar-refractivity contribution in [3.05, 3.63) is 54.7 Å². The fourth-order valence-corrected chi connectivity index (χ4v) is 1.62. The minimum absolute atomic E-state index is 0.116. The molecule has 0 saturated carbocycles. The van der Waals surface area contributed by atoms with Crippen LogP contribution in [0.2, 0.25) is 0 Å². The summed E-state index contributed by atoms with van der Waals surface area (Å²) in [4.78, 5) is 40.4. The molecule has 0 saturated heterocycles. The van der Waals surface area contributed by atoms with E-state index in [1.165, 1.54) is 25.3 Å². The van der Waals surface area contributed by atoms with Crippen LogP contribution in [0.4, 0.5) is 11.4 Å². The number of ether oxygens (including phenoxy) is 1. The van der Waals surface area contributed by atoms with E-state index in [9.17, 15) is 24.8 Å². The fourth-order valence-electron chi connectivity index (χ4n) is 1.62. The van der Waals surface area contributed by atoms with Gasteiger partial charge in [-0.25, -0.2) is 4.79 Å². The molecule has 2 aromatic rings. The number of non-ortho nitro benzene ring substituents is 1. The van der Waals surface area contributed by atoms with Crippen molar-refractivity contribution in [3.63, 3.8) is 0 Å². The van der Waals surface area contributed by atoms with Gasteiger partial charge in [-0.05, 0) is 6.07 Å². The van der Waals surface area contributed by atoms with Gasteiger partial charge in [0.05, 0.1) is 18.1 Å². The number of nitrogens with one attached hydrogen (secondary N) is 2. The molecular weight excluding hydrogens is 296 g/mol. The molecule has 10 nitrogen and oxygen atoms in total. The average molecular weight is 306 g/mol.